The van der Waals surface area contributed by atoms with E-state index in [1.165, 1.54) is 11.8 Å². The van der Waals surface area contributed by atoms with Crippen molar-refractivity contribution in [2.45, 2.75) is 10.9 Å². The van der Waals surface area contributed by atoms with Crippen molar-refractivity contribution >= 4 is 28.2 Å². The van der Waals surface area contributed by atoms with Gasteiger partial charge in [-0.05, 0) is 42.0 Å². The van der Waals surface area contributed by atoms with Gasteiger partial charge in [-0.25, -0.2) is 4.98 Å². The Morgan fingerprint density at radius 2 is 1.73 bits per heavy atom. The maximum absolute atomic E-state index is 13.3. The summed E-state index contributed by atoms with van der Waals surface area (Å²) < 4.78 is 3.60. The third kappa shape index (κ3) is 3.06. The number of thioether (sulfide) groups is 1. The molecule has 0 fully saturated rings. The molecule has 0 radical (unpaired) electrons. The highest BCUT2D eigenvalue weighted by Gasteiger charge is 2.15. The van der Waals surface area contributed by atoms with Crippen molar-refractivity contribution in [3.63, 3.8) is 0 Å². The Bertz CT molecular complexity index is 1480. The molecule has 0 unspecified atom stereocenters. The summed E-state index contributed by atoms with van der Waals surface area (Å²) in [6, 6.07) is 25.0. The number of pyridine rings is 1. The van der Waals surface area contributed by atoms with Crippen molar-refractivity contribution < 1.29 is 0 Å². The van der Waals surface area contributed by atoms with Gasteiger partial charge in [-0.1, -0.05) is 48.2 Å². The summed E-state index contributed by atoms with van der Waals surface area (Å²) in [6.07, 6.45) is 3.89. The first-order valence-corrected chi connectivity index (χ1v) is 10.4. The first kappa shape index (κ1) is 18.2. The van der Waals surface area contributed by atoms with Crippen LogP contribution in [-0.4, -0.2) is 14.0 Å². The number of hydrogen-bond donors (Lipinski definition) is 0. The average molecular weight is 408 g/mol. The molecule has 2 aromatic carbocycles. The molecular weight excluding hydrogens is 392 g/mol. The molecule has 0 saturated carbocycles. The first-order valence-electron chi connectivity index (χ1n) is 9.45. The van der Waals surface area contributed by atoms with E-state index in [1.807, 2.05) is 83.5 Å². The number of para-hydroxylation sites is 2. The van der Waals surface area contributed by atoms with Crippen LogP contribution in [0.4, 0.5) is 0 Å². The summed E-state index contributed by atoms with van der Waals surface area (Å²) in [7, 11) is 0. The highest BCUT2D eigenvalue weighted by atomic mass is 32.2. The number of fused-ring (bicyclic) bond motifs is 2. The van der Waals surface area contributed by atoms with Gasteiger partial charge in [-0.2, -0.15) is 5.26 Å². The third-order valence-electron chi connectivity index (χ3n) is 4.99. The molecule has 0 saturated heterocycles. The van der Waals surface area contributed by atoms with E-state index in [4.69, 9.17) is 4.98 Å². The van der Waals surface area contributed by atoms with Crippen molar-refractivity contribution in [3.05, 3.63) is 107 Å². The van der Waals surface area contributed by atoms with E-state index in [0.717, 1.165) is 16.8 Å². The molecule has 0 amide bonds. The second-order valence-corrected chi connectivity index (χ2v) is 7.75. The maximum Gasteiger partial charge on any atom is 0.266 e. The molecule has 5 nitrogen and oxygen atoms in total. The van der Waals surface area contributed by atoms with Gasteiger partial charge in [0.25, 0.3) is 5.56 Å². The van der Waals surface area contributed by atoms with Gasteiger partial charge in [0, 0.05) is 18.1 Å². The summed E-state index contributed by atoms with van der Waals surface area (Å²) in [5.74, 6) is 0.530. The molecule has 0 N–H and O–H groups in total. The Balaban J connectivity index is 1.63. The summed E-state index contributed by atoms with van der Waals surface area (Å²) in [5.41, 5.74) is 3.78. The predicted octanol–water partition coefficient (Wildman–Crippen LogP) is 4.80. The number of nitriles is 1. The molecule has 0 aliphatic carbocycles. The molecule has 0 atom stereocenters. The van der Waals surface area contributed by atoms with Crippen LogP contribution in [0.25, 0.3) is 22.1 Å². The van der Waals surface area contributed by atoms with Crippen molar-refractivity contribution in [2.24, 2.45) is 0 Å². The van der Waals surface area contributed by atoms with E-state index in [2.05, 4.69) is 6.07 Å². The second kappa shape index (κ2) is 7.54. The monoisotopic (exact) mass is 408 g/mol. The number of hydrogen-bond acceptors (Lipinski definition) is 4. The quantitative estimate of drug-likeness (QED) is 0.316. The largest absolute Gasteiger partial charge is 0.322 e. The van der Waals surface area contributed by atoms with Crippen LogP contribution in [0.15, 0.2) is 95.1 Å². The fraction of sp³-hybridized carbons (Fsp3) is 0.0417. The van der Waals surface area contributed by atoms with Crippen LogP contribution in [0.1, 0.15) is 11.1 Å². The van der Waals surface area contributed by atoms with Gasteiger partial charge in [0.15, 0.2) is 5.16 Å². The van der Waals surface area contributed by atoms with Crippen molar-refractivity contribution in [2.75, 3.05) is 0 Å². The summed E-state index contributed by atoms with van der Waals surface area (Å²) in [4.78, 5) is 18.1. The van der Waals surface area contributed by atoms with Gasteiger partial charge < -0.3 is 4.40 Å². The molecule has 0 aliphatic rings. The zero-order valence-corrected chi connectivity index (χ0v) is 16.7. The molecular formula is C24H16N4OS. The zero-order valence-electron chi connectivity index (χ0n) is 15.9. The van der Waals surface area contributed by atoms with Crippen LogP contribution in [0, 0.1) is 11.3 Å². The van der Waals surface area contributed by atoms with E-state index in [1.54, 1.807) is 10.6 Å². The first-order chi connectivity index (χ1) is 14.8. The molecule has 30 heavy (non-hydrogen) atoms. The van der Waals surface area contributed by atoms with Crippen LogP contribution in [0.5, 0.6) is 0 Å². The molecule has 3 heterocycles. The lowest BCUT2D eigenvalue weighted by Gasteiger charge is -2.13. The van der Waals surface area contributed by atoms with Crippen LogP contribution in [0.2, 0.25) is 0 Å². The summed E-state index contributed by atoms with van der Waals surface area (Å²) in [6.45, 7) is 0. The van der Waals surface area contributed by atoms with E-state index in [0.29, 0.717) is 27.4 Å². The Kier molecular flexibility index (Phi) is 4.58. The lowest BCUT2D eigenvalue weighted by Crippen LogP contribution is -2.21. The molecule has 3 aromatic heterocycles. The summed E-state index contributed by atoms with van der Waals surface area (Å²) >= 11 is 1.46. The lowest BCUT2D eigenvalue weighted by atomic mass is 10.2. The SMILES string of the molecule is N#Cc1c(CSc2nc3ccccc3c(=O)n2-c2ccccc2)cn2ccccc12. The van der Waals surface area contributed by atoms with Crippen LogP contribution < -0.4 is 5.56 Å². The van der Waals surface area contributed by atoms with Crippen molar-refractivity contribution in [3.8, 4) is 11.8 Å². The maximum atomic E-state index is 13.3. The number of aromatic nitrogens is 3. The Hall–Kier alpha value is -3.82. The van der Waals surface area contributed by atoms with E-state index in [9.17, 15) is 10.1 Å². The summed E-state index contributed by atoms with van der Waals surface area (Å²) in [5, 5.41) is 10.9. The minimum atomic E-state index is -0.100. The molecule has 0 spiro atoms. The molecule has 6 heteroatoms. The second-order valence-electron chi connectivity index (χ2n) is 6.81. The topological polar surface area (TPSA) is 63.1 Å². The Morgan fingerprint density at radius 1 is 0.967 bits per heavy atom. The predicted molar refractivity (Wildman–Crippen MR) is 119 cm³/mol. The van der Waals surface area contributed by atoms with Crippen LogP contribution >= 0.6 is 11.8 Å². The molecule has 5 aromatic rings. The zero-order chi connectivity index (χ0) is 20.5. The Labute approximate surface area is 176 Å². The average Bonchev–Trinajstić information content (AvgIpc) is 3.16. The fourth-order valence-electron chi connectivity index (χ4n) is 3.57. The molecule has 144 valence electrons. The Morgan fingerprint density at radius 3 is 2.57 bits per heavy atom. The van der Waals surface area contributed by atoms with E-state index in [-0.39, 0.29) is 5.56 Å². The molecule has 5 rings (SSSR count). The van der Waals surface area contributed by atoms with Gasteiger partial charge in [0.2, 0.25) is 0 Å². The van der Waals surface area contributed by atoms with Gasteiger partial charge in [-0.3, -0.25) is 9.36 Å². The minimum Gasteiger partial charge on any atom is -0.322 e. The van der Waals surface area contributed by atoms with E-state index >= 15 is 0 Å². The standard InChI is InChI=1S/C24H16N4OS/c25-14-20-17(15-27-13-7-6-12-22(20)27)16-30-24-26-21-11-5-4-10-19(21)23(29)28(24)18-8-2-1-3-9-18/h1-13,15H,16H2. The van der Waals surface area contributed by atoms with E-state index < -0.39 is 0 Å². The van der Waals surface area contributed by atoms with Crippen LogP contribution in [-0.2, 0) is 5.75 Å². The van der Waals surface area contributed by atoms with Gasteiger partial charge in [0.05, 0.1) is 27.7 Å². The normalized spacial score (nSPS) is 11.0. The van der Waals surface area contributed by atoms with Crippen molar-refractivity contribution in [1.29, 1.82) is 5.26 Å². The minimum absolute atomic E-state index is 0.100. The third-order valence-corrected chi connectivity index (χ3v) is 5.98. The number of benzene rings is 2. The smallest absolute Gasteiger partial charge is 0.266 e. The van der Waals surface area contributed by atoms with Gasteiger partial charge in [-0.15, -0.1) is 0 Å². The highest BCUT2D eigenvalue weighted by Crippen LogP contribution is 2.28. The van der Waals surface area contributed by atoms with Gasteiger partial charge in [0.1, 0.15) is 6.07 Å². The van der Waals surface area contributed by atoms with Gasteiger partial charge >= 0.3 is 0 Å². The van der Waals surface area contributed by atoms with Crippen LogP contribution in [0.3, 0.4) is 0 Å². The molecule has 0 bridgehead atoms. The number of rotatable bonds is 4. The lowest BCUT2D eigenvalue weighted by molar-refractivity contribution is 0.819. The number of nitrogens with zero attached hydrogens (tertiary/aromatic N) is 4. The molecule has 0 aliphatic heterocycles. The fourth-order valence-corrected chi connectivity index (χ4v) is 4.56. The highest BCUT2D eigenvalue weighted by molar-refractivity contribution is 7.98. The van der Waals surface area contributed by atoms with Crippen molar-refractivity contribution in [1.82, 2.24) is 14.0 Å².